The minimum absolute atomic E-state index is 0.0922. The maximum atomic E-state index is 11.2. The van der Waals surface area contributed by atoms with Crippen molar-refractivity contribution in [2.45, 2.75) is 88.8 Å². The highest BCUT2D eigenvalue weighted by atomic mass is 32.2. The van der Waals surface area contributed by atoms with Gasteiger partial charge in [0.25, 0.3) is 0 Å². The van der Waals surface area contributed by atoms with E-state index in [0.29, 0.717) is 0 Å². The van der Waals surface area contributed by atoms with Crippen LogP contribution in [0.5, 0.6) is 0 Å². The topological polar surface area (TPSA) is 101 Å². The van der Waals surface area contributed by atoms with Crippen molar-refractivity contribution in [1.82, 2.24) is 0 Å². The van der Waals surface area contributed by atoms with Crippen LogP contribution in [0.4, 0.5) is 0 Å². The lowest BCUT2D eigenvalue weighted by Crippen LogP contribution is -2.33. The van der Waals surface area contributed by atoms with Crippen LogP contribution in [-0.4, -0.2) is 39.2 Å². The molecule has 146 valence electrons. The highest BCUT2D eigenvalue weighted by Crippen LogP contribution is 2.15. The Morgan fingerprint density at radius 1 is 0.920 bits per heavy atom. The van der Waals surface area contributed by atoms with E-state index >= 15 is 0 Å². The third-order valence-electron chi connectivity index (χ3n) is 4.05. The van der Waals surface area contributed by atoms with E-state index in [4.69, 9.17) is 15.9 Å². The number of carboxylic acid groups (broad SMARTS) is 2. The molecule has 0 saturated heterocycles. The second kappa shape index (κ2) is 16.5. The minimum atomic E-state index is -1.11. The number of hydrogen-bond donors (Lipinski definition) is 3. The van der Waals surface area contributed by atoms with Crippen LogP contribution in [0.15, 0.2) is 12.2 Å². The molecule has 0 amide bonds. The number of unbranched alkanes of at least 4 members (excludes halogenated alkanes) is 10. The van der Waals surface area contributed by atoms with Crippen molar-refractivity contribution >= 4 is 23.7 Å². The van der Waals surface area contributed by atoms with Crippen LogP contribution in [0.2, 0.25) is 0 Å². The molecule has 0 heterocycles. The van der Waals surface area contributed by atoms with Gasteiger partial charge in [0.05, 0.1) is 0 Å². The molecule has 0 aromatic carbocycles. The first-order chi connectivity index (χ1) is 12.0. The third kappa shape index (κ3) is 15.0. The number of rotatable bonds is 17. The minimum Gasteiger partial charge on any atom is -0.480 e. The second-order valence-electron chi connectivity index (χ2n) is 6.44. The van der Waals surface area contributed by atoms with Crippen LogP contribution in [-0.2, 0) is 9.59 Å². The highest BCUT2D eigenvalue weighted by molar-refractivity contribution is 8.00. The molecule has 0 spiro atoms. The zero-order valence-electron chi connectivity index (χ0n) is 15.5. The molecule has 0 aliphatic heterocycles. The van der Waals surface area contributed by atoms with Gasteiger partial charge < -0.3 is 15.9 Å². The Kier molecular flexibility index (Phi) is 15.8. The van der Waals surface area contributed by atoms with E-state index < -0.39 is 23.2 Å². The van der Waals surface area contributed by atoms with Crippen LogP contribution in [0.3, 0.4) is 0 Å². The molecule has 0 aliphatic rings. The van der Waals surface area contributed by atoms with Crippen LogP contribution in [0.25, 0.3) is 0 Å². The summed E-state index contributed by atoms with van der Waals surface area (Å²) in [5, 5.41) is 17.1. The molecule has 0 saturated carbocycles. The maximum Gasteiger partial charge on any atom is 0.321 e. The number of thioether (sulfide) groups is 1. The summed E-state index contributed by atoms with van der Waals surface area (Å²) in [6.07, 6.45) is 17.2. The van der Waals surface area contributed by atoms with Gasteiger partial charge in [-0.1, -0.05) is 76.9 Å². The van der Waals surface area contributed by atoms with Crippen molar-refractivity contribution in [3.63, 3.8) is 0 Å². The first kappa shape index (κ1) is 24.0. The SMILES string of the molecule is CCCCCCCCCCCC/C=C\C(SCC(N)C(=O)O)C(=O)O. The lowest BCUT2D eigenvalue weighted by molar-refractivity contribution is -0.138. The van der Waals surface area contributed by atoms with Gasteiger partial charge in [-0.05, 0) is 12.8 Å². The summed E-state index contributed by atoms with van der Waals surface area (Å²) >= 11 is 1.06. The van der Waals surface area contributed by atoms with Gasteiger partial charge in [0, 0.05) is 5.75 Å². The number of aliphatic carboxylic acids is 2. The molecule has 5 nitrogen and oxygen atoms in total. The van der Waals surface area contributed by atoms with Crippen molar-refractivity contribution in [1.29, 1.82) is 0 Å². The Bertz CT molecular complexity index is 388. The second-order valence-corrected chi connectivity index (χ2v) is 7.61. The normalized spacial score (nSPS) is 13.8. The van der Waals surface area contributed by atoms with Crippen molar-refractivity contribution in [2.24, 2.45) is 5.73 Å². The van der Waals surface area contributed by atoms with E-state index in [1.54, 1.807) is 6.08 Å². The summed E-state index contributed by atoms with van der Waals surface area (Å²) < 4.78 is 0. The first-order valence-electron chi connectivity index (χ1n) is 9.48. The summed E-state index contributed by atoms with van der Waals surface area (Å²) in [6.45, 7) is 2.23. The van der Waals surface area contributed by atoms with Gasteiger partial charge in [0.1, 0.15) is 11.3 Å². The van der Waals surface area contributed by atoms with E-state index in [0.717, 1.165) is 24.6 Å². The van der Waals surface area contributed by atoms with Crippen LogP contribution < -0.4 is 5.73 Å². The summed E-state index contributed by atoms with van der Waals surface area (Å²) in [5.74, 6) is -1.97. The van der Waals surface area contributed by atoms with E-state index in [1.165, 1.54) is 57.8 Å². The van der Waals surface area contributed by atoms with Gasteiger partial charge in [-0.2, -0.15) is 0 Å². The summed E-state index contributed by atoms with van der Waals surface area (Å²) in [7, 11) is 0. The monoisotopic (exact) mass is 373 g/mol. The molecule has 0 aliphatic carbocycles. The fraction of sp³-hybridized carbons (Fsp3) is 0.789. The van der Waals surface area contributed by atoms with E-state index in [2.05, 4.69) is 6.92 Å². The molecule has 0 radical (unpaired) electrons. The fourth-order valence-corrected chi connectivity index (χ4v) is 3.38. The number of carboxylic acids is 2. The number of carbonyl (C=O) groups is 2. The van der Waals surface area contributed by atoms with Gasteiger partial charge in [-0.3, -0.25) is 9.59 Å². The third-order valence-corrected chi connectivity index (χ3v) is 5.32. The van der Waals surface area contributed by atoms with Crippen molar-refractivity contribution in [3.8, 4) is 0 Å². The Balaban J connectivity index is 3.68. The van der Waals surface area contributed by atoms with Crippen LogP contribution in [0, 0.1) is 0 Å². The molecule has 0 aromatic heterocycles. The first-order valence-corrected chi connectivity index (χ1v) is 10.5. The van der Waals surface area contributed by atoms with E-state index in [-0.39, 0.29) is 5.75 Å². The molecular formula is C19H35NO4S. The fourth-order valence-electron chi connectivity index (χ4n) is 2.46. The molecule has 6 heteroatoms. The standard InChI is InChI=1S/C19H35NO4S/c1-2-3-4-5-6-7-8-9-10-11-12-13-14-17(19(23)24)25-15-16(20)18(21)22/h13-14,16-17H,2-12,15,20H2,1H3,(H,21,22)(H,23,24)/b14-13-. The van der Waals surface area contributed by atoms with Crippen molar-refractivity contribution in [2.75, 3.05) is 5.75 Å². The molecule has 2 atom stereocenters. The largest absolute Gasteiger partial charge is 0.480 e. The molecule has 0 bridgehead atoms. The average molecular weight is 374 g/mol. The van der Waals surface area contributed by atoms with Crippen LogP contribution in [0.1, 0.15) is 77.6 Å². The Morgan fingerprint density at radius 3 is 1.92 bits per heavy atom. The molecular weight excluding hydrogens is 338 g/mol. The Morgan fingerprint density at radius 2 is 1.44 bits per heavy atom. The number of hydrogen-bond acceptors (Lipinski definition) is 4. The zero-order chi connectivity index (χ0) is 18.9. The van der Waals surface area contributed by atoms with Crippen LogP contribution >= 0.6 is 11.8 Å². The smallest absolute Gasteiger partial charge is 0.321 e. The predicted molar refractivity (Wildman–Crippen MR) is 105 cm³/mol. The van der Waals surface area contributed by atoms with Gasteiger partial charge in [-0.15, -0.1) is 11.8 Å². The Labute approximate surface area is 156 Å². The molecule has 2 unspecified atom stereocenters. The van der Waals surface area contributed by atoms with Gasteiger partial charge >= 0.3 is 11.9 Å². The molecule has 0 rings (SSSR count). The molecule has 0 aromatic rings. The maximum absolute atomic E-state index is 11.2. The Hall–Kier alpha value is -1.01. The highest BCUT2D eigenvalue weighted by Gasteiger charge is 2.18. The lowest BCUT2D eigenvalue weighted by Gasteiger charge is -2.10. The van der Waals surface area contributed by atoms with Crippen molar-refractivity contribution < 1.29 is 19.8 Å². The number of allylic oxidation sites excluding steroid dienone is 1. The molecule has 0 fully saturated rings. The van der Waals surface area contributed by atoms with Gasteiger partial charge in [-0.25, -0.2) is 0 Å². The summed E-state index contributed by atoms with van der Waals surface area (Å²) in [4.78, 5) is 21.8. The predicted octanol–water partition coefficient (Wildman–Crippen LogP) is 4.45. The van der Waals surface area contributed by atoms with Gasteiger partial charge in [0.2, 0.25) is 0 Å². The quantitative estimate of drug-likeness (QED) is 0.257. The molecule has 25 heavy (non-hydrogen) atoms. The number of nitrogens with two attached hydrogens (primary N) is 1. The molecule has 4 N–H and O–H groups in total. The summed E-state index contributed by atoms with van der Waals surface area (Å²) in [5.41, 5.74) is 5.40. The van der Waals surface area contributed by atoms with Gasteiger partial charge in [0.15, 0.2) is 0 Å². The average Bonchev–Trinajstić information content (AvgIpc) is 2.57. The van der Waals surface area contributed by atoms with E-state index in [9.17, 15) is 9.59 Å². The summed E-state index contributed by atoms with van der Waals surface area (Å²) in [6, 6.07) is -1.03. The lowest BCUT2D eigenvalue weighted by atomic mass is 10.1. The zero-order valence-corrected chi connectivity index (χ0v) is 16.3. The van der Waals surface area contributed by atoms with E-state index in [1.807, 2.05) is 6.08 Å². The van der Waals surface area contributed by atoms with Crippen molar-refractivity contribution in [3.05, 3.63) is 12.2 Å².